The van der Waals surface area contributed by atoms with Crippen molar-refractivity contribution in [3.63, 3.8) is 0 Å². The molecule has 0 amide bonds. The highest BCUT2D eigenvalue weighted by Gasteiger charge is 2.30. The Labute approximate surface area is 114 Å². The normalized spacial score (nSPS) is 11.2. The maximum Gasteiger partial charge on any atom is 0.416 e. The first-order chi connectivity index (χ1) is 9.49. The number of benzene rings is 2. The second-order valence-electron chi connectivity index (χ2n) is 4.16. The Balaban J connectivity index is 2.03. The summed E-state index contributed by atoms with van der Waals surface area (Å²) in [6.45, 7) is 0.200. The van der Waals surface area contributed by atoms with Crippen molar-refractivity contribution in [1.82, 2.24) is 0 Å². The summed E-state index contributed by atoms with van der Waals surface area (Å²) < 4.78 is 48.0. The first kappa shape index (κ1) is 14.2. The average molecular weight is 282 g/mol. The van der Waals surface area contributed by atoms with Gasteiger partial charge in [-0.05, 0) is 35.9 Å². The van der Waals surface area contributed by atoms with E-state index in [0.29, 0.717) is 5.75 Å². The van der Waals surface area contributed by atoms with Gasteiger partial charge in [-0.15, -0.1) is 0 Å². The smallest absolute Gasteiger partial charge is 0.416 e. The quantitative estimate of drug-likeness (QED) is 0.832. The molecule has 0 aliphatic rings. The van der Waals surface area contributed by atoms with Gasteiger partial charge in [-0.3, -0.25) is 0 Å². The summed E-state index contributed by atoms with van der Waals surface area (Å²) >= 11 is 0. The molecule has 0 atom stereocenters. The molecule has 2 aromatic rings. The van der Waals surface area contributed by atoms with Crippen LogP contribution in [0.4, 0.5) is 13.2 Å². The van der Waals surface area contributed by atoms with E-state index in [9.17, 15) is 13.2 Å². The van der Waals surface area contributed by atoms with Crippen LogP contribution in [0.2, 0.25) is 0 Å². The van der Waals surface area contributed by atoms with E-state index in [0.717, 1.165) is 17.7 Å². The lowest BCUT2D eigenvalue weighted by atomic mass is 10.2. The number of ether oxygens (including phenoxy) is 2. The van der Waals surface area contributed by atoms with Crippen molar-refractivity contribution in [3.8, 4) is 11.5 Å². The van der Waals surface area contributed by atoms with Gasteiger partial charge >= 0.3 is 6.18 Å². The van der Waals surface area contributed by atoms with Crippen molar-refractivity contribution in [2.45, 2.75) is 12.8 Å². The van der Waals surface area contributed by atoms with Crippen molar-refractivity contribution in [3.05, 3.63) is 59.7 Å². The summed E-state index contributed by atoms with van der Waals surface area (Å²) in [7, 11) is 1.56. The topological polar surface area (TPSA) is 18.5 Å². The van der Waals surface area contributed by atoms with Crippen LogP contribution in [0.5, 0.6) is 11.5 Å². The number of halogens is 3. The van der Waals surface area contributed by atoms with Gasteiger partial charge in [0.1, 0.15) is 18.1 Å². The van der Waals surface area contributed by atoms with Gasteiger partial charge < -0.3 is 9.47 Å². The van der Waals surface area contributed by atoms with Gasteiger partial charge in [0.15, 0.2) is 0 Å². The molecule has 5 heteroatoms. The van der Waals surface area contributed by atoms with Gasteiger partial charge in [0.2, 0.25) is 0 Å². The van der Waals surface area contributed by atoms with Crippen LogP contribution in [0.15, 0.2) is 48.5 Å². The molecule has 0 saturated carbocycles. The van der Waals surface area contributed by atoms with Crippen molar-refractivity contribution >= 4 is 0 Å². The third kappa shape index (κ3) is 3.66. The molecule has 20 heavy (non-hydrogen) atoms. The van der Waals surface area contributed by atoms with Gasteiger partial charge in [0.25, 0.3) is 0 Å². The molecule has 2 aromatic carbocycles. The Bertz CT molecular complexity index is 562. The summed E-state index contributed by atoms with van der Waals surface area (Å²) in [5, 5.41) is 0. The van der Waals surface area contributed by atoms with E-state index in [4.69, 9.17) is 9.47 Å². The predicted molar refractivity (Wildman–Crippen MR) is 68.8 cm³/mol. The van der Waals surface area contributed by atoms with Crippen molar-refractivity contribution < 1.29 is 22.6 Å². The number of hydrogen-bond donors (Lipinski definition) is 0. The first-order valence-corrected chi connectivity index (χ1v) is 5.92. The van der Waals surface area contributed by atoms with E-state index in [2.05, 4.69) is 0 Å². The summed E-state index contributed by atoms with van der Waals surface area (Å²) in [5.41, 5.74) is 0.132. The van der Waals surface area contributed by atoms with E-state index in [1.807, 2.05) is 0 Å². The fourth-order valence-corrected chi connectivity index (χ4v) is 1.65. The van der Waals surface area contributed by atoms with E-state index < -0.39 is 11.7 Å². The average Bonchev–Trinajstić information content (AvgIpc) is 2.45. The van der Waals surface area contributed by atoms with Gasteiger partial charge in [-0.1, -0.05) is 18.2 Å². The third-order valence-electron chi connectivity index (χ3n) is 2.73. The van der Waals surface area contributed by atoms with Crippen molar-refractivity contribution in [2.75, 3.05) is 7.11 Å². The van der Waals surface area contributed by atoms with Crippen molar-refractivity contribution in [1.29, 1.82) is 0 Å². The van der Waals surface area contributed by atoms with Crippen LogP contribution in [0.3, 0.4) is 0 Å². The molecule has 0 heterocycles. The highest BCUT2D eigenvalue weighted by atomic mass is 19.4. The Morgan fingerprint density at radius 3 is 2.25 bits per heavy atom. The van der Waals surface area contributed by atoms with E-state index >= 15 is 0 Å². The Kier molecular flexibility index (Phi) is 4.17. The minimum absolute atomic E-state index is 0.190. The van der Waals surface area contributed by atoms with Gasteiger partial charge in [-0.2, -0.15) is 13.2 Å². The predicted octanol–water partition coefficient (Wildman–Crippen LogP) is 4.29. The molecular formula is C15H13F3O2. The minimum Gasteiger partial charge on any atom is -0.497 e. The highest BCUT2D eigenvalue weighted by molar-refractivity contribution is 5.31. The fraction of sp³-hybridized carbons (Fsp3) is 0.200. The number of alkyl halides is 3. The molecule has 106 valence electrons. The molecule has 0 aliphatic heterocycles. The molecule has 0 bridgehead atoms. The lowest BCUT2D eigenvalue weighted by Gasteiger charge is -2.10. The number of methoxy groups -OCH3 is 1. The van der Waals surface area contributed by atoms with Crippen LogP contribution in [0.1, 0.15) is 11.1 Å². The zero-order valence-electron chi connectivity index (χ0n) is 10.8. The molecule has 0 aromatic heterocycles. The monoisotopic (exact) mass is 282 g/mol. The minimum atomic E-state index is -4.36. The van der Waals surface area contributed by atoms with E-state index in [1.54, 1.807) is 31.4 Å². The summed E-state index contributed by atoms with van der Waals surface area (Å²) in [5.74, 6) is 0.906. The van der Waals surface area contributed by atoms with Crippen LogP contribution < -0.4 is 9.47 Å². The molecule has 0 saturated heterocycles. The number of hydrogen-bond acceptors (Lipinski definition) is 2. The molecule has 0 radical (unpaired) electrons. The third-order valence-corrected chi connectivity index (χ3v) is 2.73. The maximum atomic E-state index is 12.5. The summed E-state index contributed by atoms with van der Waals surface area (Å²) in [6.07, 6.45) is -4.36. The molecule has 0 spiro atoms. The second kappa shape index (κ2) is 5.86. The van der Waals surface area contributed by atoms with Crippen LogP contribution in [0, 0.1) is 0 Å². The Hall–Kier alpha value is -2.17. The van der Waals surface area contributed by atoms with Gasteiger partial charge in [-0.25, -0.2) is 0 Å². The SMILES string of the molecule is COc1ccc(COc2cccc(C(F)(F)F)c2)cc1. The largest absolute Gasteiger partial charge is 0.497 e. The first-order valence-electron chi connectivity index (χ1n) is 5.92. The molecule has 0 N–H and O–H groups in total. The van der Waals surface area contributed by atoms with Crippen LogP contribution in [-0.4, -0.2) is 7.11 Å². The second-order valence-corrected chi connectivity index (χ2v) is 4.16. The number of rotatable bonds is 4. The Morgan fingerprint density at radius 1 is 0.950 bits per heavy atom. The molecule has 0 fully saturated rings. The lowest BCUT2D eigenvalue weighted by Crippen LogP contribution is -2.05. The lowest BCUT2D eigenvalue weighted by molar-refractivity contribution is -0.137. The summed E-state index contributed by atoms with van der Waals surface area (Å²) in [4.78, 5) is 0. The highest BCUT2D eigenvalue weighted by Crippen LogP contribution is 2.31. The molecule has 0 unspecified atom stereocenters. The van der Waals surface area contributed by atoms with Crippen LogP contribution in [-0.2, 0) is 12.8 Å². The van der Waals surface area contributed by atoms with E-state index in [1.165, 1.54) is 12.1 Å². The molecule has 2 rings (SSSR count). The molecular weight excluding hydrogens is 269 g/mol. The zero-order chi connectivity index (χ0) is 14.6. The van der Waals surface area contributed by atoms with E-state index in [-0.39, 0.29) is 12.4 Å². The van der Waals surface area contributed by atoms with Crippen molar-refractivity contribution in [2.24, 2.45) is 0 Å². The zero-order valence-corrected chi connectivity index (χ0v) is 10.8. The fourth-order valence-electron chi connectivity index (χ4n) is 1.65. The van der Waals surface area contributed by atoms with Crippen LogP contribution in [0.25, 0.3) is 0 Å². The molecule has 0 aliphatic carbocycles. The Morgan fingerprint density at radius 2 is 1.65 bits per heavy atom. The maximum absolute atomic E-state index is 12.5. The summed E-state index contributed by atoms with van der Waals surface area (Å²) in [6, 6.07) is 12.0. The standard InChI is InChI=1S/C15H13F3O2/c1-19-13-7-5-11(6-8-13)10-20-14-4-2-3-12(9-14)15(16,17)18/h2-9H,10H2,1H3. The van der Waals surface area contributed by atoms with Gasteiger partial charge in [0.05, 0.1) is 12.7 Å². The van der Waals surface area contributed by atoms with Crippen LogP contribution >= 0.6 is 0 Å². The van der Waals surface area contributed by atoms with Gasteiger partial charge in [0, 0.05) is 0 Å². The molecule has 2 nitrogen and oxygen atoms in total.